The summed E-state index contributed by atoms with van der Waals surface area (Å²) in [5.74, 6) is 0. The van der Waals surface area contributed by atoms with Crippen LogP contribution in [0.15, 0.2) is 56.7 Å². The lowest BCUT2D eigenvalue weighted by Gasteiger charge is -2.33. The van der Waals surface area contributed by atoms with Gasteiger partial charge in [-0.1, -0.05) is 78.9 Å². The van der Waals surface area contributed by atoms with Gasteiger partial charge in [-0.2, -0.15) is 0 Å². The van der Waals surface area contributed by atoms with Crippen LogP contribution in [-0.4, -0.2) is 6.54 Å². The zero-order valence-electron chi connectivity index (χ0n) is 13.7. The second kappa shape index (κ2) is 8.25. The molecule has 0 atom stereocenters. The molecular weight excluding hydrogens is 366 g/mol. The van der Waals surface area contributed by atoms with Crippen LogP contribution < -0.4 is 4.90 Å². The second-order valence-electron chi connectivity index (χ2n) is 6.10. The average molecular weight is 390 g/mol. The molecule has 0 saturated carbocycles. The highest BCUT2D eigenvalue weighted by Crippen LogP contribution is 2.48. The van der Waals surface area contributed by atoms with Crippen molar-refractivity contribution in [1.82, 2.24) is 0 Å². The van der Waals surface area contributed by atoms with Crippen molar-refractivity contribution >= 4 is 39.1 Å². The normalized spacial score (nSPS) is 12.9. The first-order valence-corrected chi connectivity index (χ1v) is 10.2. The summed E-state index contributed by atoms with van der Waals surface area (Å²) < 4.78 is 1.16. The minimum absolute atomic E-state index is 1.11. The number of unbranched alkanes of at least 4 members (excludes halogenated alkanes) is 5. The molecule has 2 aromatic carbocycles. The molecule has 1 heterocycles. The Hall–Kier alpha value is -0.930. The van der Waals surface area contributed by atoms with Crippen LogP contribution in [0, 0.1) is 0 Å². The Morgan fingerprint density at radius 1 is 0.870 bits per heavy atom. The molecule has 1 aliphatic rings. The van der Waals surface area contributed by atoms with Crippen molar-refractivity contribution in [3.63, 3.8) is 0 Å². The fourth-order valence-corrected chi connectivity index (χ4v) is 4.75. The SMILES string of the molecule is CCCCCCCCN1c2ccccc2Sc2cc(Br)ccc21. The summed E-state index contributed by atoms with van der Waals surface area (Å²) in [5, 5.41) is 0. The van der Waals surface area contributed by atoms with Gasteiger partial charge in [0.25, 0.3) is 0 Å². The number of fused-ring (bicyclic) bond motifs is 2. The van der Waals surface area contributed by atoms with Gasteiger partial charge in [0.2, 0.25) is 0 Å². The van der Waals surface area contributed by atoms with E-state index in [1.54, 1.807) is 0 Å². The largest absolute Gasteiger partial charge is 0.340 e. The van der Waals surface area contributed by atoms with E-state index in [1.165, 1.54) is 59.7 Å². The number of nitrogens with zero attached hydrogens (tertiary/aromatic N) is 1. The average Bonchev–Trinajstić information content (AvgIpc) is 2.56. The predicted molar refractivity (Wildman–Crippen MR) is 105 cm³/mol. The first-order chi connectivity index (χ1) is 11.3. The molecule has 0 aliphatic carbocycles. The Balaban J connectivity index is 1.73. The lowest BCUT2D eigenvalue weighted by atomic mass is 10.1. The van der Waals surface area contributed by atoms with Gasteiger partial charge >= 0.3 is 0 Å². The summed E-state index contributed by atoms with van der Waals surface area (Å²) >= 11 is 5.49. The molecule has 0 saturated heterocycles. The molecule has 0 spiro atoms. The number of benzene rings is 2. The highest BCUT2D eigenvalue weighted by atomic mass is 79.9. The van der Waals surface area contributed by atoms with Gasteiger partial charge in [-0.25, -0.2) is 0 Å². The summed E-state index contributed by atoms with van der Waals surface area (Å²) in [7, 11) is 0. The van der Waals surface area contributed by atoms with E-state index in [1.807, 2.05) is 11.8 Å². The Bertz CT molecular complexity index is 656. The number of para-hydroxylation sites is 1. The summed E-state index contributed by atoms with van der Waals surface area (Å²) in [6, 6.07) is 15.4. The number of anilines is 2. The van der Waals surface area contributed by atoms with Crippen molar-refractivity contribution in [2.45, 2.75) is 55.2 Å². The molecule has 0 aromatic heterocycles. The summed E-state index contributed by atoms with van der Waals surface area (Å²) in [6.45, 7) is 3.38. The maximum atomic E-state index is 3.61. The van der Waals surface area contributed by atoms with Gasteiger partial charge in [-0.3, -0.25) is 0 Å². The second-order valence-corrected chi connectivity index (χ2v) is 8.10. The molecule has 0 amide bonds. The molecule has 122 valence electrons. The minimum Gasteiger partial charge on any atom is -0.340 e. The first kappa shape index (κ1) is 16.9. The monoisotopic (exact) mass is 389 g/mol. The fraction of sp³-hybridized carbons (Fsp3) is 0.400. The molecule has 0 fully saturated rings. The summed E-state index contributed by atoms with van der Waals surface area (Å²) in [6.07, 6.45) is 8.03. The van der Waals surface area contributed by atoms with Crippen LogP contribution in [0.2, 0.25) is 0 Å². The van der Waals surface area contributed by atoms with Gasteiger partial charge in [-0.05, 0) is 36.8 Å². The number of hydrogen-bond donors (Lipinski definition) is 0. The van der Waals surface area contributed by atoms with Crippen molar-refractivity contribution in [3.05, 3.63) is 46.9 Å². The van der Waals surface area contributed by atoms with Crippen LogP contribution in [0.5, 0.6) is 0 Å². The molecule has 0 bridgehead atoms. The van der Waals surface area contributed by atoms with Gasteiger partial charge < -0.3 is 4.90 Å². The van der Waals surface area contributed by atoms with Crippen molar-refractivity contribution < 1.29 is 0 Å². The van der Waals surface area contributed by atoms with Crippen LogP contribution in [0.25, 0.3) is 0 Å². The summed E-state index contributed by atoms with van der Waals surface area (Å²) in [4.78, 5) is 5.22. The van der Waals surface area contributed by atoms with Crippen LogP contribution >= 0.6 is 27.7 Å². The third-order valence-corrected chi connectivity index (χ3v) is 5.93. The molecular formula is C20H24BrNS. The van der Waals surface area contributed by atoms with Gasteiger partial charge in [0.15, 0.2) is 0 Å². The fourth-order valence-electron chi connectivity index (χ4n) is 3.10. The number of hydrogen-bond acceptors (Lipinski definition) is 2. The highest BCUT2D eigenvalue weighted by molar-refractivity contribution is 9.10. The summed E-state index contributed by atoms with van der Waals surface area (Å²) in [5.41, 5.74) is 2.71. The lowest BCUT2D eigenvalue weighted by Crippen LogP contribution is -2.21. The molecule has 1 aliphatic heterocycles. The highest BCUT2D eigenvalue weighted by Gasteiger charge is 2.22. The Kier molecular flexibility index (Phi) is 6.07. The molecule has 23 heavy (non-hydrogen) atoms. The molecule has 0 radical (unpaired) electrons. The van der Waals surface area contributed by atoms with Gasteiger partial charge in [-0.15, -0.1) is 0 Å². The Morgan fingerprint density at radius 2 is 1.61 bits per heavy atom. The van der Waals surface area contributed by atoms with Gasteiger partial charge in [0.1, 0.15) is 0 Å². The van der Waals surface area contributed by atoms with Crippen LogP contribution in [-0.2, 0) is 0 Å². The zero-order valence-corrected chi connectivity index (χ0v) is 16.1. The van der Waals surface area contributed by atoms with E-state index in [0.717, 1.165) is 11.0 Å². The quantitative estimate of drug-likeness (QED) is 0.453. The van der Waals surface area contributed by atoms with Crippen LogP contribution in [0.1, 0.15) is 45.4 Å². The lowest BCUT2D eigenvalue weighted by molar-refractivity contribution is 0.608. The van der Waals surface area contributed by atoms with Crippen molar-refractivity contribution in [2.75, 3.05) is 11.4 Å². The third kappa shape index (κ3) is 4.13. The third-order valence-electron chi connectivity index (χ3n) is 4.32. The van der Waals surface area contributed by atoms with E-state index < -0.39 is 0 Å². The van der Waals surface area contributed by atoms with E-state index in [0.29, 0.717) is 0 Å². The molecule has 0 unspecified atom stereocenters. The Labute approximate surface area is 152 Å². The van der Waals surface area contributed by atoms with E-state index in [4.69, 9.17) is 0 Å². The minimum atomic E-state index is 1.11. The molecule has 0 N–H and O–H groups in total. The first-order valence-electron chi connectivity index (χ1n) is 8.63. The van der Waals surface area contributed by atoms with Crippen molar-refractivity contribution in [2.24, 2.45) is 0 Å². The van der Waals surface area contributed by atoms with Gasteiger partial charge in [0.05, 0.1) is 11.4 Å². The Morgan fingerprint density at radius 3 is 2.48 bits per heavy atom. The number of halogens is 1. The molecule has 3 rings (SSSR count). The van der Waals surface area contributed by atoms with E-state index in [9.17, 15) is 0 Å². The smallest absolute Gasteiger partial charge is 0.0553 e. The number of rotatable bonds is 7. The van der Waals surface area contributed by atoms with E-state index in [2.05, 4.69) is 70.2 Å². The standard InChI is InChI=1S/C20H24BrNS/c1-2-3-4-5-6-9-14-22-17-10-7-8-11-19(17)23-20-15-16(21)12-13-18(20)22/h7-8,10-13,15H,2-6,9,14H2,1H3. The maximum absolute atomic E-state index is 3.61. The topological polar surface area (TPSA) is 3.24 Å². The van der Waals surface area contributed by atoms with Crippen LogP contribution in [0.4, 0.5) is 11.4 Å². The van der Waals surface area contributed by atoms with Crippen molar-refractivity contribution in [1.29, 1.82) is 0 Å². The molecule has 3 heteroatoms. The maximum Gasteiger partial charge on any atom is 0.0553 e. The van der Waals surface area contributed by atoms with E-state index >= 15 is 0 Å². The van der Waals surface area contributed by atoms with Gasteiger partial charge in [0, 0.05) is 20.8 Å². The molecule has 1 nitrogen and oxygen atoms in total. The predicted octanol–water partition coefficient (Wildman–Crippen LogP) is 7.41. The zero-order chi connectivity index (χ0) is 16.1. The molecule has 2 aromatic rings. The van der Waals surface area contributed by atoms with Crippen molar-refractivity contribution in [3.8, 4) is 0 Å². The van der Waals surface area contributed by atoms with E-state index in [-0.39, 0.29) is 0 Å². The van der Waals surface area contributed by atoms with Crippen LogP contribution in [0.3, 0.4) is 0 Å².